The van der Waals surface area contributed by atoms with Crippen LogP contribution >= 0.6 is 0 Å². The van der Waals surface area contributed by atoms with E-state index >= 15 is 0 Å². The molecule has 0 aromatic heterocycles. The minimum atomic E-state index is -3.91. The van der Waals surface area contributed by atoms with Gasteiger partial charge in [-0.2, -0.15) is 0 Å². The highest BCUT2D eigenvalue weighted by molar-refractivity contribution is 7.92. The van der Waals surface area contributed by atoms with Gasteiger partial charge in [0.25, 0.3) is 10.0 Å². The summed E-state index contributed by atoms with van der Waals surface area (Å²) < 4.78 is 28.2. The van der Waals surface area contributed by atoms with Gasteiger partial charge in [-0.1, -0.05) is 54.6 Å². The first-order chi connectivity index (χ1) is 12.9. The van der Waals surface area contributed by atoms with E-state index < -0.39 is 10.0 Å². The number of aryl methyl sites for hydroxylation is 1. The third kappa shape index (κ3) is 2.74. The number of hydrogen-bond acceptors (Lipinski definition) is 4. The molecule has 0 aliphatic heterocycles. The first-order valence-corrected chi connectivity index (χ1v) is 9.78. The summed E-state index contributed by atoms with van der Waals surface area (Å²) in [4.78, 5) is 25.9. The van der Waals surface area contributed by atoms with Gasteiger partial charge in [0.1, 0.15) is 0 Å². The predicted octanol–water partition coefficient (Wildman–Crippen LogP) is 3.57. The average Bonchev–Trinajstić information content (AvgIpc) is 2.66. The van der Waals surface area contributed by atoms with Crippen LogP contribution in [0.1, 0.15) is 37.4 Å². The van der Waals surface area contributed by atoms with Gasteiger partial charge in [0.15, 0.2) is 11.6 Å². The van der Waals surface area contributed by atoms with Gasteiger partial charge in [-0.3, -0.25) is 14.3 Å². The van der Waals surface area contributed by atoms with E-state index in [1.807, 2.05) is 0 Å². The summed E-state index contributed by atoms with van der Waals surface area (Å²) in [6, 6.07) is 17.7. The number of hydrogen-bond donors (Lipinski definition) is 1. The number of carbonyl (C=O) groups excluding carboxylic acids is 2. The Labute approximate surface area is 156 Å². The number of nitrogens with one attached hydrogen (secondary N) is 1. The number of carbonyl (C=O) groups is 2. The Morgan fingerprint density at radius 1 is 0.704 bits per heavy atom. The van der Waals surface area contributed by atoms with Gasteiger partial charge in [0.2, 0.25) is 0 Å². The molecule has 3 aromatic rings. The zero-order valence-corrected chi connectivity index (χ0v) is 15.2. The zero-order valence-electron chi connectivity index (χ0n) is 14.4. The second-order valence-corrected chi connectivity index (χ2v) is 7.95. The summed E-state index contributed by atoms with van der Waals surface area (Å²) in [6.07, 6.45) is 0. The smallest absolute Gasteiger partial charge is 0.262 e. The molecule has 0 bridgehead atoms. The first-order valence-electron chi connectivity index (χ1n) is 8.30. The predicted molar refractivity (Wildman–Crippen MR) is 102 cm³/mol. The Bertz CT molecular complexity index is 1210. The number of sulfonamides is 1. The largest absolute Gasteiger partial charge is 0.289 e. The molecule has 0 amide bonds. The summed E-state index contributed by atoms with van der Waals surface area (Å²) in [5.41, 5.74) is 1.57. The van der Waals surface area contributed by atoms with Gasteiger partial charge in [-0.05, 0) is 24.6 Å². The molecular weight excluding hydrogens is 362 g/mol. The quantitative estimate of drug-likeness (QED) is 0.592. The molecule has 1 aliphatic carbocycles. The molecule has 5 nitrogen and oxygen atoms in total. The van der Waals surface area contributed by atoms with Gasteiger partial charge in [0.05, 0.1) is 16.1 Å². The Balaban J connectivity index is 1.85. The Hall–Kier alpha value is -3.25. The second kappa shape index (κ2) is 6.17. The van der Waals surface area contributed by atoms with E-state index in [9.17, 15) is 18.0 Å². The van der Waals surface area contributed by atoms with E-state index in [4.69, 9.17) is 0 Å². The van der Waals surface area contributed by atoms with Crippen molar-refractivity contribution in [3.63, 3.8) is 0 Å². The van der Waals surface area contributed by atoms with Crippen molar-refractivity contribution in [1.29, 1.82) is 0 Å². The van der Waals surface area contributed by atoms with Crippen LogP contribution in [0.3, 0.4) is 0 Å². The van der Waals surface area contributed by atoms with Crippen LogP contribution in [0.15, 0.2) is 71.6 Å². The van der Waals surface area contributed by atoms with Crippen molar-refractivity contribution in [3.8, 4) is 0 Å². The third-order valence-electron chi connectivity index (χ3n) is 4.58. The number of fused-ring (bicyclic) bond motifs is 2. The van der Waals surface area contributed by atoms with Crippen LogP contribution in [-0.2, 0) is 10.0 Å². The molecular formula is C21H15NO4S. The fourth-order valence-electron chi connectivity index (χ4n) is 3.29. The van der Waals surface area contributed by atoms with Gasteiger partial charge in [-0.25, -0.2) is 8.42 Å². The fourth-order valence-corrected chi connectivity index (χ4v) is 4.61. The standard InChI is InChI=1S/C21H15NO4S/c1-13-7-2-5-12-18(13)27(25,26)22-17-11-6-10-16-19(17)21(24)15-9-4-3-8-14(15)20(16)23/h2-12,22H,1H3. The molecule has 134 valence electrons. The Morgan fingerprint density at radius 2 is 1.30 bits per heavy atom. The SMILES string of the molecule is Cc1ccccc1S(=O)(=O)Nc1cccc2c1C(=O)c1ccccc1C2=O. The lowest BCUT2D eigenvalue weighted by Crippen LogP contribution is -2.24. The van der Waals surface area contributed by atoms with Gasteiger partial charge in [-0.15, -0.1) is 0 Å². The van der Waals surface area contributed by atoms with Crippen LogP contribution < -0.4 is 4.72 Å². The van der Waals surface area contributed by atoms with E-state index in [1.165, 1.54) is 18.2 Å². The van der Waals surface area contributed by atoms with Crippen LogP contribution in [-0.4, -0.2) is 20.0 Å². The number of rotatable bonds is 3. The Kier molecular flexibility index (Phi) is 3.93. The van der Waals surface area contributed by atoms with E-state index in [0.717, 1.165) is 0 Å². The van der Waals surface area contributed by atoms with Crippen molar-refractivity contribution in [1.82, 2.24) is 0 Å². The normalized spacial score (nSPS) is 13.1. The van der Waals surface area contributed by atoms with Gasteiger partial charge in [0, 0.05) is 16.7 Å². The van der Waals surface area contributed by atoms with Gasteiger partial charge < -0.3 is 0 Å². The van der Waals surface area contributed by atoms with E-state index in [1.54, 1.807) is 55.5 Å². The summed E-state index contributed by atoms with van der Waals surface area (Å²) in [7, 11) is -3.91. The maximum atomic E-state index is 13.0. The van der Waals surface area contributed by atoms with Crippen molar-refractivity contribution in [3.05, 3.63) is 94.5 Å². The molecule has 1 N–H and O–H groups in total. The monoisotopic (exact) mass is 377 g/mol. The van der Waals surface area contributed by atoms with Gasteiger partial charge >= 0.3 is 0 Å². The van der Waals surface area contributed by atoms with Crippen molar-refractivity contribution < 1.29 is 18.0 Å². The molecule has 0 heterocycles. The summed E-state index contributed by atoms with van der Waals surface area (Å²) in [5, 5.41) is 0. The summed E-state index contributed by atoms with van der Waals surface area (Å²) in [5.74, 6) is -0.666. The first kappa shape index (κ1) is 17.2. The van der Waals surface area contributed by atoms with Crippen LogP contribution in [0.4, 0.5) is 5.69 Å². The molecule has 0 saturated carbocycles. The second-order valence-electron chi connectivity index (χ2n) is 6.30. The molecule has 0 unspecified atom stereocenters. The van der Waals surface area contributed by atoms with Crippen LogP contribution in [0.2, 0.25) is 0 Å². The number of benzene rings is 3. The number of anilines is 1. The van der Waals surface area contributed by atoms with Crippen LogP contribution in [0.25, 0.3) is 0 Å². The lowest BCUT2D eigenvalue weighted by Gasteiger charge is -2.20. The fraction of sp³-hybridized carbons (Fsp3) is 0.0476. The topological polar surface area (TPSA) is 80.3 Å². The molecule has 0 atom stereocenters. The van der Waals surface area contributed by atoms with Crippen molar-refractivity contribution >= 4 is 27.3 Å². The molecule has 6 heteroatoms. The van der Waals surface area contributed by atoms with Crippen molar-refractivity contribution in [2.24, 2.45) is 0 Å². The Morgan fingerprint density at radius 3 is 2.00 bits per heavy atom. The highest BCUT2D eigenvalue weighted by atomic mass is 32.2. The summed E-state index contributed by atoms with van der Waals surface area (Å²) in [6.45, 7) is 1.69. The molecule has 0 saturated heterocycles. The van der Waals surface area contributed by atoms with E-state index in [0.29, 0.717) is 11.1 Å². The molecule has 0 spiro atoms. The van der Waals surface area contributed by atoms with Crippen LogP contribution in [0, 0.1) is 6.92 Å². The van der Waals surface area contributed by atoms with Crippen LogP contribution in [0.5, 0.6) is 0 Å². The third-order valence-corrected chi connectivity index (χ3v) is 6.11. The molecule has 3 aromatic carbocycles. The summed E-state index contributed by atoms with van der Waals surface area (Å²) >= 11 is 0. The average molecular weight is 377 g/mol. The molecule has 27 heavy (non-hydrogen) atoms. The zero-order chi connectivity index (χ0) is 19.2. The minimum absolute atomic E-state index is 0.0818. The highest BCUT2D eigenvalue weighted by Gasteiger charge is 2.32. The molecule has 4 rings (SSSR count). The highest BCUT2D eigenvalue weighted by Crippen LogP contribution is 2.33. The van der Waals surface area contributed by atoms with E-state index in [2.05, 4.69) is 4.72 Å². The maximum Gasteiger partial charge on any atom is 0.262 e. The number of ketones is 2. The molecule has 0 fully saturated rings. The lowest BCUT2D eigenvalue weighted by atomic mass is 9.83. The minimum Gasteiger partial charge on any atom is -0.289 e. The maximum absolute atomic E-state index is 13.0. The molecule has 0 radical (unpaired) electrons. The van der Waals surface area contributed by atoms with Crippen molar-refractivity contribution in [2.45, 2.75) is 11.8 Å². The van der Waals surface area contributed by atoms with E-state index in [-0.39, 0.29) is 38.8 Å². The lowest BCUT2D eigenvalue weighted by molar-refractivity contribution is 0.0979. The molecule has 1 aliphatic rings. The van der Waals surface area contributed by atoms with Crippen molar-refractivity contribution in [2.75, 3.05) is 4.72 Å².